The van der Waals surface area contributed by atoms with Gasteiger partial charge in [0.05, 0.1) is 28.4 Å². The van der Waals surface area contributed by atoms with E-state index >= 15 is 0 Å². The standard InChI is InChI=1S/C20H18N6O6S/c1-11(13-7-8-17(32-3)16(9-13)26(30)31)23-24-20-21-12(2)18(33-20)19(27)22-14-5-4-6-15(10-14)25(28)29/h4-10H,1-3H3,(H,21,24)(H,22,27)/b23-11+. The molecule has 0 spiro atoms. The molecule has 0 saturated carbocycles. The van der Waals surface area contributed by atoms with Crippen LogP contribution in [0, 0.1) is 27.2 Å². The van der Waals surface area contributed by atoms with E-state index in [1.54, 1.807) is 26.0 Å². The van der Waals surface area contributed by atoms with Crippen molar-refractivity contribution in [2.75, 3.05) is 17.9 Å². The number of nitrogens with zero attached hydrogens (tertiary/aromatic N) is 4. The zero-order chi connectivity index (χ0) is 24.1. The molecule has 0 saturated heterocycles. The molecular weight excluding hydrogens is 452 g/mol. The molecule has 2 N–H and O–H groups in total. The molecule has 12 nitrogen and oxygen atoms in total. The largest absolute Gasteiger partial charge is 0.490 e. The van der Waals surface area contributed by atoms with E-state index in [0.29, 0.717) is 27.0 Å². The Hall–Kier alpha value is -4.39. The lowest BCUT2D eigenvalue weighted by Crippen LogP contribution is -2.11. The Morgan fingerprint density at radius 2 is 1.91 bits per heavy atom. The van der Waals surface area contributed by atoms with Crippen LogP contribution in [0.5, 0.6) is 5.75 Å². The second-order valence-corrected chi connectivity index (χ2v) is 7.65. The molecule has 0 unspecified atom stereocenters. The number of nitro benzene ring substituents is 2. The zero-order valence-corrected chi connectivity index (χ0v) is 18.5. The van der Waals surface area contributed by atoms with Crippen LogP contribution in [0.4, 0.5) is 22.2 Å². The Labute approximate surface area is 191 Å². The minimum Gasteiger partial charge on any atom is -0.490 e. The summed E-state index contributed by atoms with van der Waals surface area (Å²) in [4.78, 5) is 38.2. The summed E-state index contributed by atoms with van der Waals surface area (Å²) in [5.74, 6) is -0.329. The van der Waals surface area contributed by atoms with Crippen LogP contribution in [-0.4, -0.2) is 33.6 Å². The van der Waals surface area contributed by atoms with Crippen LogP contribution in [0.1, 0.15) is 27.9 Å². The van der Waals surface area contributed by atoms with E-state index in [1.807, 2.05) is 0 Å². The summed E-state index contributed by atoms with van der Waals surface area (Å²) in [7, 11) is 1.35. The Bertz CT molecular complexity index is 1270. The number of carbonyl (C=O) groups is 1. The maximum atomic E-state index is 12.6. The van der Waals surface area contributed by atoms with Gasteiger partial charge in [0.1, 0.15) is 4.88 Å². The third-order valence-electron chi connectivity index (χ3n) is 4.43. The monoisotopic (exact) mass is 470 g/mol. The summed E-state index contributed by atoms with van der Waals surface area (Å²) >= 11 is 1.05. The molecule has 3 rings (SSSR count). The van der Waals surface area contributed by atoms with Crippen molar-refractivity contribution in [1.29, 1.82) is 0 Å². The number of methoxy groups -OCH3 is 1. The first-order valence-electron chi connectivity index (χ1n) is 9.36. The van der Waals surface area contributed by atoms with Gasteiger partial charge in [0.15, 0.2) is 5.75 Å². The lowest BCUT2D eigenvalue weighted by Gasteiger charge is -2.05. The highest BCUT2D eigenvalue weighted by molar-refractivity contribution is 7.17. The van der Waals surface area contributed by atoms with Crippen molar-refractivity contribution >= 4 is 45.1 Å². The molecule has 0 fully saturated rings. The summed E-state index contributed by atoms with van der Waals surface area (Å²) in [6.45, 7) is 3.31. The number of ether oxygens (including phenoxy) is 1. The highest BCUT2D eigenvalue weighted by Gasteiger charge is 2.18. The maximum Gasteiger partial charge on any atom is 0.311 e. The van der Waals surface area contributed by atoms with Crippen molar-refractivity contribution < 1.29 is 19.4 Å². The molecule has 2 aromatic carbocycles. The van der Waals surface area contributed by atoms with Crippen LogP contribution in [0.15, 0.2) is 47.6 Å². The van der Waals surface area contributed by atoms with Gasteiger partial charge in [-0.1, -0.05) is 17.4 Å². The first-order chi connectivity index (χ1) is 15.7. The van der Waals surface area contributed by atoms with Gasteiger partial charge in [0.2, 0.25) is 5.13 Å². The molecule has 0 aliphatic rings. The number of amides is 1. The number of benzene rings is 2. The molecule has 0 radical (unpaired) electrons. The van der Waals surface area contributed by atoms with Gasteiger partial charge in [-0.15, -0.1) is 0 Å². The third-order valence-corrected chi connectivity index (χ3v) is 5.49. The van der Waals surface area contributed by atoms with E-state index in [-0.39, 0.29) is 22.8 Å². The van der Waals surface area contributed by atoms with Crippen molar-refractivity contribution in [1.82, 2.24) is 4.98 Å². The molecule has 1 amide bonds. The van der Waals surface area contributed by atoms with Crippen LogP contribution in [0.3, 0.4) is 0 Å². The summed E-state index contributed by atoms with van der Waals surface area (Å²) in [6.07, 6.45) is 0. The second-order valence-electron chi connectivity index (χ2n) is 6.65. The van der Waals surface area contributed by atoms with E-state index in [1.165, 1.54) is 37.4 Å². The summed E-state index contributed by atoms with van der Waals surface area (Å²) in [6, 6.07) is 10.1. The van der Waals surface area contributed by atoms with E-state index in [4.69, 9.17) is 4.74 Å². The van der Waals surface area contributed by atoms with Gasteiger partial charge in [-0.25, -0.2) is 4.98 Å². The topological polar surface area (TPSA) is 162 Å². The number of anilines is 2. The van der Waals surface area contributed by atoms with Crippen molar-refractivity contribution in [3.63, 3.8) is 0 Å². The summed E-state index contributed by atoms with van der Waals surface area (Å²) in [5, 5.41) is 29.3. The number of hydrazone groups is 1. The molecule has 1 aromatic heterocycles. The number of hydrogen-bond acceptors (Lipinski definition) is 10. The molecule has 33 heavy (non-hydrogen) atoms. The first-order valence-corrected chi connectivity index (χ1v) is 10.2. The molecule has 0 aliphatic carbocycles. The fourth-order valence-electron chi connectivity index (χ4n) is 2.79. The number of nitro groups is 2. The van der Waals surface area contributed by atoms with Crippen LogP contribution < -0.4 is 15.5 Å². The minimum atomic E-state index is -0.548. The fourth-order valence-corrected chi connectivity index (χ4v) is 3.60. The average molecular weight is 470 g/mol. The molecular formula is C20H18N6O6S. The average Bonchev–Trinajstić information content (AvgIpc) is 3.17. The summed E-state index contributed by atoms with van der Waals surface area (Å²) in [5.41, 5.74) is 4.11. The normalized spacial score (nSPS) is 11.1. The van der Waals surface area contributed by atoms with Gasteiger partial charge in [-0.3, -0.25) is 30.4 Å². The van der Waals surface area contributed by atoms with E-state index in [0.717, 1.165) is 11.3 Å². The van der Waals surface area contributed by atoms with E-state index < -0.39 is 15.8 Å². The van der Waals surface area contributed by atoms with Crippen molar-refractivity contribution in [2.24, 2.45) is 5.10 Å². The highest BCUT2D eigenvalue weighted by atomic mass is 32.1. The molecule has 0 aliphatic heterocycles. The van der Waals surface area contributed by atoms with Gasteiger partial charge in [-0.05, 0) is 32.0 Å². The van der Waals surface area contributed by atoms with Gasteiger partial charge in [0.25, 0.3) is 11.6 Å². The number of nitrogens with one attached hydrogen (secondary N) is 2. The molecule has 170 valence electrons. The first kappa shape index (κ1) is 23.3. The van der Waals surface area contributed by atoms with Crippen LogP contribution in [0.2, 0.25) is 0 Å². The SMILES string of the molecule is COc1ccc(/C(C)=N/Nc2nc(C)c(C(=O)Nc3cccc([N+](=O)[O-])c3)s2)cc1[N+](=O)[O-]. The Morgan fingerprint density at radius 3 is 2.58 bits per heavy atom. The van der Waals surface area contributed by atoms with E-state index in [2.05, 4.69) is 20.8 Å². The van der Waals surface area contributed by atoms with Crippen LogP contribution in [-0.2, 0) is 0 Å². The molecule has 1 heterocycles. The van der Waals surface area contributed by atoms with E-state index in [9.17, 15) is 25.0 Å². The zero-order valence-electron chi connectivity index (χ0n) is 17.7. The van der Waals surface area contributed by atoms with Crippen molar-refractivity contribution in [3.05, 3.63) is 78.8 Å². The number of carbonyl (C=O) groups excluding carboxylic acids is 1. The van der Waals surface area contributed by atoms with Crippen molar-refractivity contribution in [3.8, 4) is 5.75 Å². The number of hydrogen-bond donors (Lipinski definition) is 2. The lowest BCUT2D eigenvalue weighted by molar-refractivity contribution is -0.385. The number of thiazole rings is 1. The molecule has 0 atom stereocenters. The molecule has 3 aromatic rings. The lowest BCUT2D eigenvalue weighted by atomic mass is 10.1. The minimum absolute atomic E-state index is 0.138. The number of aryl methyl sites for hydroxylation is 1. The number of aromatic nitrogens is 1. The second kappa shape index (κ2) is 9.82. The van der Waals surface area contributed by atoms with Crippen LogP contribution in [0.25, 0.3) is 0 Å². The number of rotatable bonds is 8. The Morgan fingerprint density at radius 1 is 1.15 bits per heavy atom. The van der Waals surface area contributed by atoms with Gasteiger partial charge in [-0.2, -0.15) is 5.10 Å². The molecule has 0 bridgehead atoms. The van der Waals surface area contributed by atoms with Crippen molar-refractivity contribution in [2.45, 2.75) is 13.8 Å². The van der Waals surface area contributed by atoms with Gasteiger partial charge in [0, 0.05) is 29.4 Å². The third kappa shape index (κ3) is 5.46. The number of non-ortho nitro benzene ring substituents is 1. The quantitative estimate of drug-likeness (QED) is 0.279. The van der Waals surface area contributed by atoms with Gasteiger partial charge < -0.3 is 10.1 Å². The van der Waals surface area contributed by atoms with Crippen LogP contribution >= 0.6 is 11.3 Å². The Kier molecular flexibility index (Phi) is 6.93. The smallest absolute Gasteiger partial charge is 0.311 e. The fraction of sp³-hybridized carbons (Fsp3) is 0.150. The summed E-state index contributed by atoms with van der Waals surface area (Å²) < 4.78 is 4.99. The highest BCUT2D eigenvalue weighted by Crippen LogP contribution is 2.28. The predicted octanol–water partition coefficient (Wildman–Crippen LogP) is 4.36. The maximum absolute atomic E-state index is 12.6. The predicted molar refractivity (Wildman–Crippen MR) is 123 cm³/mol. The molecule has 13 heteroatoms. The van der Waals surface area contributed by atoms with Gasteiger partial charge >= 0.3 is 5.69 Å². The Balaban J connectivity index is 1.75.